The number of fused-ring (bicyclic) bond motifs is 1. The average molecular weight is 265 g/mol. The molecule has 1 aromatic rings. The summed E-state index contributed by atoms with van der Waals surface area (Å²) in [5.41, 5.74) is 2.58. The summed E-state index contributed by atoms with van der Waals surface area (Å²) in [7, 11) is 0. The number of hydrogen-bond donors (Lipinski definition) is 1. The van der Waals surface area contributed by atoms with Crippen molar-refractivity contribution < 1.29 is 14.2 Å². The van der Waals surface area contributed by atoms with E-state index >= 15 is 0 Å². The second kappa shape index (κ2) is 7.60. The predicted molar refractivity (Wildman–Crippen MR) is 73.9 cm³/mol. The van der Waals surface area contributed by atoms with Crippen molar-refractivity contribution in [1.29, 1.82) is 0 Å². The topological polar surface area (TPSA) is 39.7 Å². The fraction of sp³-hybridized carbons (Fsp3) is 0.600. The Balaban J connectivity index is 1.92. The maximum Gasteiger partial charge on any atom is 0.169 e. The highest BCUT2D eigenvalue weighted by Crippen LogP contribution is 2.24. The van der Waals surface area contributed by atoms with E-state index in [2.05, 4.69) is 23.5 Å². The maximum absolute atomic E-state index is 5.62. The van der Waals surface area contributed by atoms with Gasteiger partial charge in [0.25, 0.3) is 0 Å². The molecule has 0 spiro atoms. The largest absolute Gasteiger partial charge is 0.375 e. The molecule has 0 aliphatic carbocycles. The highest BCUT2D eigenvalue weighted by atomic mass is 16.7. The number of ether oxygens (including phenoxy) is 3. The van der Waals surface area contributed by atoms with Gasteiger partial charge in [-0.05, 0) is 25.0 Å². The van der Waals surface area contributed by atoms with Gasteiger partial charge in [0, 0.05) is 19.8 Å². The maximum atomic E-state index is 5.62. The molecule has 0 radical (unpaired) electrons. The van der Waals surface area contributed by atoms with Crippen molar-refractivity contribution in [2.45, 2.75) is 32.8 Å². The molecule has 4 heteroatoms. The van der Waals surface area contributed by atoms with Crippen molar-refractivity contribution in [3.63, 3.8) is 0 Å². The lowest BCUT2D eigenvalue weighted by molar-refractivity contribution is -0.134. The lowest BCUT2D eigenvalue weighted by Crippen LogP contribution is -2.37. The van der Waals surface area contributed by atoms with Crippen LogP contribution in [-0.4, -0.2) is 32.7 Å². The fourth-order valence-corrected chi connectivity index (χ4v) is 2.33. The summed E-state index contributed by atoms with van der Waals surface area (Å²) in [5.74, 6) is 0. The average Bonchev–Trinajstić information content (AvgIpc) is 2.45. The van der Waals surface area contributed by atoms with E-state index in [1.165, 1.54) is 11.1 Å². The number of rotatable bonds is 7. The first-order valence-corrected chi connectivity index (χ1v) is 6.97. The zero-order valence-corrected chi connectivity index (χ0v) is 11.7. The first-order valence-electron chi connectivity index (χ1n) is 6.97. The minimum Gasteiger partial charge on any atom is -0.375 e. The normalized spacial score (nSPS) is 18.6. The van der Waals surface area contributed by atoms with Gasteiger partial charge in [-0.25, -0.2) is 0 Å². The van der Waals surface area contributed by atoms with Crippen molar-refractivity contribution in [2.24, 2.45) is 0 Å². The van der Waals surface area contributed by atoms with Crippen LogP contribution in [0.4, 0.5) is 0 Å². The van der Waals surface area contributed by atoms with E-state index in [9.17, 15) is 0 Å². The Labute approximate surface area is 115 Å². The molecule has 0 fully saturated rings. The molecule has 1 N–H and O–H groups in total. The van der Waals surface area contributed by atoms with E-state index in [-0.39, 0.29) is 12.3 Å². The van der Waals surface area contributed by atoms with Crippen LogP contribution in [-0.2, 0) is 20.8 Å². The first kappa shape index (κ1) is 14.5. The van der Waals surface area contributed by atoms with Crippen molar-refractivity contribution in [1.82, 2.24) is 5.32 Å². The molecule has 0 aromatic heterocycles. The second-order valence-corrected chi connectivity index (χ2v) is 4.52. The Kier molecular flexibility index (Phi) is 5.79. The Morgan fingerprint density at radius 1 is 1.26 bits per heavy atom. The van der Waals surface area contributed by atoms with Crippen LogP contribution in [0.2, 0.25) is 0 Å². The van der Waals surface area contributed by atoms with Gasteiger partial charge < -0.3 is 19.5 Å². The zero-order chi connectivity index (χ0) is 13.5. The SMILES string of the molecule is CCOC(CNC1COCc2ccccc21)OCC. The Hall–Kier alpha value is -0.940. The molecule has 1 unspecified atom stereocenters. The third-order valence-corrected chi connectivity index (χ3v) is 3.21. The summed E-state index contributed by atoms with van der Waals surface area (Å²) in [5, 5.41) is 3.47. The molecule has 1 atom stereocenters. The van der Waals surface area contributed by atoms with E-state index in [1.54, 1.807) is 0 Å². The van der Waals surface area contributed by atoms with Crippen LogP contribution in [0.15, 0.2) is 24.3 Å². The van der Waals surface area contributed by atoms with Crippen molar-refractivity contribution in [3.8, 4) is 0 Å². The standard InChI is InChI=1S/C15H23NO3/c1-3-18-15(19-4-2)9-16-14-11-17-10-12-7-5-6-8-13(12)14/h5-8,14-16H,3-4,9-11H2,1-2H3. The van der Waals surface area contributed by atoms with Gasteiger partial charge in [0.15, 0.2) is 6.29 Å². The summed E-state index contributed by atoms with van der Waals surface area (Å²) in [4.78, 5) is 0. The number of nitrogens with one attached hydrogen (secondary N) is 1. The van der Waals surface area contributed by atoms with Gasteiger partial charge in [0.1, 0.15) is 0 Å². The molecule has 2 rings (SSSR count). The molecular formula is C15H23NO3. The van der Waals surface area contributed by atoms with Crippen LogP contribution >= 0.6 is 0 Å². The van der Waals surface area contributed by atoms with Crippen LogP contribution < -0.4 is 5.32 Å². The molecule has 0 saturated carbocycles. The quantitative estimate of drug-likeness (QED) is 0.768. The van der Waals surface area contributed by atoms with Gasteiger partial charge in [-0.2, -0.15) is 0 Å². The van der Waals surface area contributed by atoms with Gasteiger partial charge in [-0.3, -0.25) is 0 Å². The summed E-state index contributed by atoms with van der Waals surface area (Å²) < 4.78 is 16.7. The van der Waals surface area contributed by atoms with Gasteiger partial charge >= 0.3 is 0 Å². The minimum atomic E-state index is -0.191. The molecule has 1 aliphatic rings. The highest BCUT2D eigenvalue weighted by Gasteiger charge is 2.21. The summed E-state index contributed by atoms with van der Waals surface area (Å²) in [6.07, 6.45) is -0.191. The Morgan fingerprint density at radius 3 is 2.74 bits per heavy atom. The van der Waals surface area contributed by atoms with Crippen LogP contribution in [0, 0.1) is 0 Å². The molecule has 1 aromatic carbocycles. The molecule has 19 heavy (non-hydrogen) atoms. The molecular weight excluding hydrogens is 242 g/mol. The van der Waals surface area contributed by atoms with Gasteiger partial charge in [0.05, 0.1) is 19.3 Å². The molecule has 4 nitrogen and oxygen atoms in total. The molecule has 0 bridgehead atoms. The first-order chi connectivity index (χ1) is 9.35. The summed E-state index contributed by atoms with van der Waals surface area (Å²) in [6, 6.07) is 8.61. The van der Waals surface area contributed by atoms with Crippen LogP contribution in [0.3, 0.4) is 0 Å². The predicted octanol–water partition coefficient (Wildman–Crippen LogP) is 2.25. The third-order valence-electron chi connectivity index (χ3n) is 3.21. The molecule has 0 amide bonds. The van der Waals surface area contributed by atoms with Crippen LogP contribution in [0.5, 0.6) is 0 Å². The van der Waals surface area contributed by atoms with Crippen LogP contribution in [0.1, 0.15) is 31.0 Å². The molecule has 0 saturated heterocycles. The number of benzene rings is 1. The summed E-state index contributed by atoms with van der Waals surface area (Å²) >= 11 is 0. The molecule has 1 heterocycles. The van der Waals surface area contributed by atoms with Gasteiger partial charge in [0.2, 0.25) is 0 Å². The molecule has 1 aliphatic heterocycles. The molecule has 106 valence electrons. The van der Waals surface area contributed by atoms with Crippen molar-refractivity contribution in [2.75, 3.05) is 26.4 Å². The minimum absolute atomic E-state index is 0.191. The highest BCUT2D eigenvalue weighted by molar-refractivity contribution is 5.30. The lowest BCUT2D eigenvalue weighted by atomic mass is 9.99. The van der Waals surface area contributed by atoms with E-state index in [0.717, 1.165) is 0 Å². The zero-order valence-electron chi connectivity index (χ0n) is 11.7. The Morgan fingerprint density at radius 2 is 2.00 bits per heavy atom. The van der Waals surface area contributed by atoms with Crippen molar-refractivity contribution >= 4 is 0 Å². The van der Waals surface area contributed by atoms with Crippen molar-refractivity contribution in [3.05, 3.63) is 35.4 Å². The fourth-order valence-electron chi connectivity index (χ4n) is 2.33. The van der Waals surface area contributed by atoms with Crippen LogP contribution in [0.25, 0.3) is 0 Å². The Bertz CT molecular complexity index is 377. The number of hydrogen-bond acceptors (Lipinski definition) is 4. The lowest BCUT2D eigenvalue weighted by Gasteiger charge is -2.28. The van der Waals surface area contributed by atoms with Gasteiger partial charge in [-0.1, -0.05) is 24.3 Å². The third kappa shape index (κ3) is 4.01. The van der Waals surface area contributed by atoms with E-state index < -0.39 is 0 Å². The monoisotopic (exact) mass is 265 g/mol. The van der Waals surface area contributed by atoms with E-state index in [1.807, 2.05) is 19.9 Å². The smallest absolute Gasteiger partial charge is 0.169 e. The summed E-state index contributed by atoms with van der Waals surface area (Å²) in [6.45, 7) is 7.34. The van der Waals surface area contributed by atoms with Gasteiger partial charge in [-0.15, -0.1) is 0 Å². The van der Waals surface area contributed by atoms with E-state index in [4.69, 9.17) is 14.2 Å². The van der Waals surface area contributed by atoms with E-state index in [0.29, 0.717) is 33.0 Å². The second-order valence-electron chi connectivity index (χ2n) is 4.52.